The number of phenolic OH excluding ortho intramolecular Hbond substituents is 1. The van der Waals surface area contributed by atoms with Gasteiger partial charge >= 0.3 is 0 Å². The summed E-state index contributed by atoms with van der Waals surface area (Å²) in [6, 6.07) is 4.71. The molecule has 6 fully saturated rings. The molecule has 0 saturated heterocycles. The van der Waals surface area contributed by atoms with Crippen molar-refractivity contribution in [2.45, 2.75) is 102 Å². The third-order valence-corrected chi connectivity index (χ3v) is 11.5. The van der Waals surface area contributed by atoms with Crippen LogP contribution in [0, 0.1) is 35.0 Å². The van der Waals surface area contributed by atoms with Crippen molar-refractivity contribution in [3.63, 3.8) is 0 Å². The number of rotatable bonds is 2. The van der Waals surface area contributed by atoms with E-state index in [1.54, 1.807) is 12.5 Å². The van der Waals surface area contributed by atoms with Gasteiger partial charge in [0.1, 0.15) is 5.75 Å². The van der Waals surface area contributed by atoms with Crippen LogP contribution in [0.1, 0.15) is 107 Å². The number of fused-ring (bicyclic) bond motifs is 5. The van der Waals surface area contributed by atoms with Crippen LogP contribution in [0.4, 0.5) is 0 Å². The third kappa shape index (κ3) is 3.02. The molecule has 0 spiro atoms. The fourth-order valence-corrected chi connectivity index (χ4v) is 10.6. The molecule has 4 heteroatoms. The zero-order chi connectivity index (χ0) is 23.2. The summed E-state index contributed by atoms with van der Waals surface area (Å²) < 4.78 is 0. The Kier molecular flexibility index (Phi) is 4.63. The monoisotopic (exact) mass is 460 g/mol. The van der Waals surface area contributed by atoms with Gasteiger partial charge in [0.15, 0.2) is 0 Å². The van der Waals surface area contributed by atoms with Gasteiger partial charge in [-0.05, 0) is 135 Å². The molecule has 4 bridgehead atoms. The Balaban J connectivity index is 1.23. The van der Waals surface area contributed by atoms with Crippen molar-refractivity contribution < 1.29 is 9.90 Å². The number of hydrogen-bond donors (Lipinski definition) is 2. The van der Waals surface area contributed by atoms with Crippen LogP contribution in [0.25, 0.3) is 0 Å². The number of benzene rings is 1. The van der Waals surface area contributed by atoms with Crippen molar-refractivity contribution in [3.8, 4) is 5.75 Å². The van der Waals surface area contributed by atoms with E-state index >= 15 is 0 Å². The normalized spacial score (nSPS) is 45.1. The Hall–Kier alpha value is -1.84. The molecule has 182 valence electrons. The summed E-state index contributed by atoms with van der Waals surface area (Å²) in [5.41, 5.74) is 8.64. The van der Waals surface area contributed by atoms with E-state index in [4.69, 9.17) is 0 Å². The van der Waals surface area contributed by atoms with Crippen LogP contribution < -0.4 is 5.43 Å². The number of phenols is 1. The van der Waals surface area contributed by atoms with Crippen molar-refractivity contribution in [2.75, 3.05) is 0 Å². The molecule has 0 aromatic heterocycles. The maximum atomic E-state index is 11.5. The molecule has 34 heavy (non-hydrogen) atoms. The maximum absolute atomic E-state index is 11.5. The standard InChI is InChI=1S/C30H40N2O2/c1-17(33)31-32-28-6-5-25-23-4-3-21-12-27(34)26(13-24(21)22(23)7-8-29(25,28)2)30-14-18-9-19(15-30)11-20(10-18)16-30/h12-13,18-20,22-23,25,34H,3-11,14-16H2,1-2H3,(H,31,33)/b32-28+. The molecule has 1 amide bonds. The van der Waals surface area contributed by atoms with Gasteiger partial charge in [-0.3, -0.25) is 4.79 Å². The SMILES string of the molecule is CC(=O)N/N=C1\CCC2C3CCc4cc(O)c(C56CC7CC(CC(C7)C5)C6)cc4C3CCC12C. The highest BCUT2D eigenvalue weighted by Crippen LogP contribution is 2.64. The summed E-state index contributed by atoms with van der Waals surface area (Å²) in [5, 5.41) is 15.9. The number of carbonyl (C=O) groups excluding carboxylic acids is 1. The first-order chi connectivity index (χ1) is 16.3. The van der Waals surface area contributed by atoms with Crippen LogP contribution in [0.2, 0.25) is 0 Å². The molecule has 6 saturated carbocycles. The zero-order valence-electron chi connectivity index (χ0n) is 20.9. The quantitative estimate of drug-likeness (QED) is 0.516. The van der Waals surface area contributed by atoms with Crippen molar-refractivity contribution in [1.29, 1.82) is 0 Å². The van der Waals surface area contributed by atoms with Gasteiger partial charge in [-0.2, -0.15) is 5.10 Å². The first kappa shape index (κ1) is 21.4. The zero-order valence-corrected chi connectivity index (χ0v) is 20.9. The Morgan fingerprint density at radius 3 is 2.41 bits per heavy atom. The van der Waals surface area contributed by atoms with E-state index in [-0.39, 0.29) is 16.7 Å². The summed E-state index contributed by atoms with van der Waals surface area (Å²) in [6.45, 7) is 3.96. The Morgan fingerprint density at radius 1 is 1.03 bits per heavy atom. The first-order valence-corrected chi connectivity index (χ1v) is 14.0. The number of aryl methyl sites for hydroxylation is 1. The number of hydrogen-bond acceptors (Lipinski definition) is 3. The van der Waals surface area contributed by atoms with Crippen LogP contribution >= 0.6 is 0 Å². The van der Waals surface area contributed by atoms with Crippen LogP contribution in [-0.4, -0.2) is 16.7 Å². The van der Waals surface area contributed by atoms with E-state index in [1.165, 1.54) is 74.6 Å². The number of hydrazone groups is 1. The van der Waals surface area contributed by atoms with E-state index < -0.39 is 0 Å². The fourth-order valence-electron chi connectivity index (χ4n) is 10.6. The van der Waals surface area contributed by atoms with Crippen LogP contribution in [0.3, 0.4) is 0 Å². The van der Waals surface area contributed by atoms with Crippen molar-refractivity contribution in [2.24, 2.45) is 40.1 Å². The molecule has 4 nitrogen and oxygen atoms in total. The van der Waals surface area contributed by atoms with E-state index in [0.29, 0.717) is 23.5 Å². The van der Waals surface area contributed by atoms with Crippen molar-refractivity contribution >= 4 is 11.6 Å². The molecule has 4 atom stereocenters. The minimum atomic E-state index is -0.0724. The smallest absolute Gasteiger partial charge is 0.236 e. The highest BCUT2D eigenvalue weighted by molar-refractivity contribution is 5.93. The van der Waals surface area contributed by atoms with Crippen molar-refractivity contribution in [1.82, 2.24) is 5.43 Å². The first-order valence-electron chi connectivity index (χ1n) is 14.0. The van der Waals surface area contributed by atoms with Gasteiger partial charge in [-0.1, -0.05) is 13.0 Å². The molecular formula is C30H40N2O2. The highest BCUT2D eigenvalue weighted by atomic mass is 16.3. The lowest BCUT2D eigenvalue weighted by Gasteiger charge is -2.57. The summed E-state index contributed by atoms with van der Waals surface area (Å²) >= 11 is 0. The van der Waals surface area contributed by atoms with Gasteiger partial charge < -0.3 is 5.11 Å². The summed E-state index contributed by atoms with van der Waals surface area (Å²) in [6.07, 6.45) is 15.2. The van der Waals surface area contributed by atoms with Gasteiger partial charge in [0.2, 0.25) is 5.91 Å². The Morgan fingerprint density at radius 2 is 1.74 bits per heavy atom. The van der Waals surface area contributed by atoms with Gasteiger partial charge in [-0.25, -0.2) is 5.43 Å². The summed E-state index contributed by atoms with van der Waals surface area (Å²) in [5.74, 6) is 5.19. The molecule has 0 heterocycles. The molecule has 0 aliphatic heterocycles. The topological polar surface area (TPSA) is 61.7 Å². The van der Waals surface area contributed by atoms with Gasteiger partial charge in [0.25, 0.3) is 0 Å². The minimum absolute atomic E-state index is 0.0724. The second-order valence-electron chi connectivity index (χ2n) is 13.4. The minimum Gasteiger partial charge on any atom is -0.508 e. The lowest BCUT2D eigenvalue weighted by atomic mass is 9.47. The molecule has 1 aromatic carbocycles. The van der Waals surface area contributed by atoms with E-state index in [0.717, 1.165) is 37.0 Å². The van der Waals surface area contributed by atoms with Crippen LogP contribution in [0.15, 0.2) is 17.2 Å². The third-order valence-electron chi connectivity index (χ3n) is 11.5. The van der Waals surface area contributed by atoms with E-state index in [2.05, 4.69) is 29.6 Å². The van der Waals surface area contributed by atoms with Gasteiger partial charge in [0.05, 0.1) is 0 Å². The predicted molar refractivity (Wildman–Crippen MR) is 134 cm³/mol. The van der Waals surface area contributed by atoms with Crippen molar-refractivity contribution in [3.05, 3.63) is 28.8 Å². The van der Waals surface area contributed by atoms with Crippen LogP contribution in [-0.2, 0) is 16.6 Å². The molecule has 1 aromatic rings. The molecule has 8 rings (SSSR count). The number of aromatic hydroxyl groups is 1. The summed E-state index contributed by atoms with van der Waals surface area (Å²) in [4.78, 5) is 11.5. The molecule has 7 aliphatic rings. The largest absolute Gasteiger partial charge is 0.508 e. The average molecular weight is 461 g/mol. The second-order valence-corrected chi connectivity index (χ2v) is 13.4. The van der Waals surface area contributed by atoms with Crippen LogP contribution in [0.5, 0.6) is 5.75 Å². The molecule has 2 N–H and O–H groups in total. The number of carbonyl (C=O) groups is 1. The highest BCUT2D eigenvalue weighted by Gasteiger charge is 2.55. The molecule has 4 unspecified atom stereocenters. The maximum Gasteiger partial charge on any atom is 0.236 e. The molecule has 7 aliphatic carbocycles. The molecule has 0 radical (unpaired) electrons. The predicted octanol–water partition coefficient (Wildman–Crippen LogP) is 6.21. The lowest BCUT2D eigenvalue weighted by molar-refractivity contribution is -0.118. The van der Waals surface area contributed by atoms with E-state index in [9.17, 15) is 9.90 Å². The summed E-state index contributed by atoms with van der Waals surface area (Å²) in [7, 11) is 0. The molecular weight excluding hydrogens is 420 g/mol. The average Bonchev–Trinajstić information content (AvgIpc) is 3.12. The Bertz CT molecular complexity index is 1040. The van der Waals surface area contributed by atoms with Gasteiger partial charge in [-0.15, -0.1) is 0 Å². The fraction of sp³-hybridized carbons (Fsp3) is 0.733. The number of nitrogens with one attached hydrogen (secondary N) is 1. The lowest BCUT2D eigenvalue weighted by Crippen LogP contribution is -2.48. The number of nitrogens with zero attached hydrogens (tertiary/aromatic N) is 1. The Labute approximate surface area is 204 Å². The second kappa shape index (κ2) is 7.34. The van der Waals surface area contributed by atoms with Gasteiger partial charge in [0, 0.05) is 23.6 Å². The number of amides is 1. The van der Waals surface area contributed by atoms with E-state index in [1.807, 2.05) is 0 Å².